The monoisotopic (exact) mass is 296 g/mol. The maximum Gasteiger partial charge on any atom is 0.0608 e. The van der Waals surface area contributed by atoms with Gasteiger partial charge >= 0.3 is 0 Å². The van der Waals surface area contributed by atoms with Gasteiger partial charge in [-0.1, -0.05) is 12.1 Å². The Hall–Kier alpha value is -1.78. The van der Waals surface area contributed by atoms with Gasteiger partial charge in [-0.2, -0.15) is 0 Å². The Morgan fingerprint density at radius 1 is 1.09 bits per heavy atom. The predicted octanol–water partition coefficient (Wildman–Crippen LogP) is 2.36. The zero-order valence-corrected chi connectivity index (χ0v) is 13.2. The summed E-state index contributed by atoms with van der Waals surface area (Å²) in [5.41, 5.74) is 3.59. The fourth-order valence-corrected chi connectivity index (χ4v) is 3.14. The molecule has 116 valence electrons. The summed E-state index contributed by atoms with van der Waals surface area (Å²) in [6.07, 6.45) is 5.88. The van der Waals surface area contributed by atoms with Crippen LogP contribution in [0.25, 0.3) is 0 Å². The highest BCUT2D eigenvalue weighted by atomic mass is 15.2. The first-order valence-electron chi connectivity index (χ1n) is 8.11. The lowest BCUT2D eigenvalue weighted by Gasteiger charge is -2.30. The van der Waals surface area contributed by atoms with Gasteiger partial charge in [0.25, 0.3) is 0 Å². The molecule has 1 atom stereocenters. The molecule has 0 aliphatic carbocycles. The van der Waals surface area contributed by atoms with E-state index in [0.717, 1.165) is 38.3 Å². The van der Waals surface area contributed by atoms with Crippen LogP contribution in [0.4, 0.5) is 0 Å². The van der Waals surface area contributed by atoms with Crippen LogP contribution in [-0.2, 0) is 6.42 Å². The van der Waals surface area contributed by atoms with Crippen LogP contribution in [-0.4, -0.2) is 41.0 Å². The Morgan fingerprint density at radius 2 is 2.00 bits per heavy atom. The number of rotatable bonds is 4. The maximum absolute atomic E-state index is 4.69. The second-order valence-electron chi connectivity index (χ2n) is 5.89. The van der Waals surface area contributed by atoms with E-state index >= 15 is 0 Å². The molecular formula is C18H24N4. The maximum atomic E-state index is 4.69. The molecule has 1 aliphatic heterocycles. The van der Waals surface area contributed by atoms with Gasteiger partial charge in [0.15, 0.2) is 0 Å². The lowest BCUT2D eigenvalue weighted by atomic mass is 10.0. The van der Waals surface area contributed by atoms with E-state index in [1.165, 1.54) is 17.7 Å². The van der Waals surface area contributed by atoms with Crippen molar-refractivity contribution in [2.24, 2.45) is 0 Å². The molecule has 4 heteroatoms. The van der Waals surface area contributed by atoms with Crippen molar-refractivity contribution >= 4 is 0 Å². The minimum Gasteiger partial charge on any atom is -0.315 e. The summed E-state index contributed by atoms with van der Waals surface area (Å²) < 4.78 is 0. The Morgan fingerprint density at radius 3 is 2.82 bits per heavy atom. The number of hydrogen-bond donors (Lipinski definition) is 1. The zero-order valence-electron chi connectivity index (χ0n) is 13.2. The average molecular weight is 296 g/mol. The van der Waals surface area contributed by atoms with Gasteiger partial charge in [-0.25, -0.2) is 0 Å². The molecule has 1 unspecified atom stereocenters. The van der Waals surface area contributed by atoms with Crippen LogP contribution in [0.2, 0.25) is 0 Å². The molecule has 0 spiro atoms. The predicted molar refractivity (Wildman–Crippen MR) is 88.7 cm³/mol. The van der Waals surface area contributed by atoms with Crippen LogP contribution in [0.5, 0.6) is 0 Å². The van der Waals surface area contributed by atoms with Crippen molar-refractivity contribution in [3.8, 4) is 0 Å². The lowest BCUT2D eigenvalue weighted by Crippen LogP contribution is -2.34. The summed E-state index contributed by atoms with van der Waals surface area (Å²) in [7, 11) is 0. The second kappa shape index (κ2) is 7.47. The van der Waals surface area contributed by atoms with Crippen molar-refractivity contribution in [3.05, 3.63) is 59.7 Å². The third-order valence-electron chi connectivity index (χ3n) is 4.31. The Bertz CT molecular complexity index is 577. The molecule has 0 amide bonds. The molecule has 3 heterocycles. The summed E-state index contributed by atoms with van der Waals surface area (Å²) in [6.45, 7) is 6.48. The van der Waals surface area contributed by atoms with Crippen LogP contribution >= 0.6 is 0 Å². The summed E-state index contributed by atoms with van der Waals surface area (Å²) in [5, 5.41) is 3.48. The summed E-state index contributed by atoms with van der Waals surface area (Å²) >= 11 is 0. The molecular weight excluding hydrogens is 272 g/mol. The van der Waals surface area contributed by atoms with Gasteiger partial charge in [0.2, 0.25) is 0 Å². The first-order valence-corrected chi connectivity index (χ1v) is 8.11. The van der Waals surface area contributed by atoms with Gasteiger partial charge in [0, 0.05) is 44.1 Å². The molecule has 22 heavy (non-hydrogen) atoms. The van der Waals surface area contributed by atoms with Crippen molar-refractivity contribution in [1.82, 2.24) is 20.2 Å². The highest BCUT2D eigenvalue weighted by Crippen LogP contribution is 2.26. The van der Waals surface area contributed by atoms with E-state index < -0.39 is 0 Å². The van der Waals surface area contributed by atoms with Crippen molar-refractivity contribution in [1.29, 1.82) is 0 Å². The first kappa shape index (κ1) is 15.1. The number of hydrogen-bond acceptors (Lipinski definition) is 4. The molecule has 2 aromatic rings. The van der Waals surface area contributed by atoms with Crippen LogP contribution in [0.1, 0.15) is 29.4 Å². The Balaban J connectivity index is 1.89. The number of nitrogens with one attached hydrogen (secondary N) is 1. The molecule has 0 bridgehead atoms. The fourth-order valence-electron chi connectivity index (χ4n) is 3.14. The molecule has 1 N–H and O–H groups in total. The van der Waals surface area contributed by atoms with E-state index in [-0.39, 0.29) is 0 Å². The topological polar surface area (TPSA) is 41.1 Å². The van der Waals surface area contributed by atoms with Crippen LogP contribution in [0.15, 0.2) is 42.7 Å². The quantitative estimate of drug-likeness (QED) is 0.940. The summed E-state index contributed by atoms with van der Waals surface area (Å²) in [6, 6.07) is 10.6. The van der Waals surface area contributed by atoms with E-state index in [2.05, 4.69) is 40.3 Å². The number of aryl methyl sites for hydroxylation is 1. The highest BCUT2D eigenvalue weighted by molar-refractivity contribution is 5.23. The van der Waals surface area contributed by atoms with Gasteiger partial charge in [0.1, 0.15) is 0 Å². The van der Waals surface area contributed by atoms with E-state index in [1.807, 2.05) is 24.5 Å². The zero-order chi connectivity index (χ0) is 15.2. The van der Waals surface area contributed by atoms with Crippen LogP contribution < -0.4 is 5.32 Å². The Kier molecular flexibility index (Phi) is 5.14. The molecule has 0 saturated carbocycles. The van der Waals surface area contributed by atoms with E-state index in [9.17, 15) is 0 Å². The first-order chi connectivity index (χ1) is 10.8. The Labute approximate surface area is 132 Å². The van der Waals surface area contributed by atoms with Gasteiger partial charge in [-0.15, -0.1) is 0 Å². The highest BCUT2D eigenvalue weighted by Gasteiger charge is 2.24. The van der Waals surface area contributed by atoms with Gasteiger partial charge in [-0.3, -0.25) is 14.9 Å². The third kappa shape index (κ3) is 3.70. The summed E-state index contributed by atoms with van der Waals surface area (Å²) in [5.74, 6) is 0. The molecule has 1 aliphatic rings. The molecule has 1 saturated heterocycles. The van der Waals surface area contributed by atoms with Crippen molar-refractivity contribution in [2.45, 2.75) is 25.8 Å². The van der Waals surface area contributed by atoms with Crippen LogP contribution in [0, 0.1) is 6.92 Å². The fraction of sp³-hybridized carbons (Fsp3) is 0.444. The lowest BCUT2D eigenvalue weighted by molar-refractivity contribution is 0.203. The number of nitrogens with zero attached hydrogens (tertiary/aromatic N) is 3. The minimum absolute atomic E-state index is 0.302. The minimum atomic E-state index is 0.302. The van der Waals surface area contributed by atoms with Crippen molar-refractivity contribution in [3.63, 3.8) is 0 Å². The largest absolute Gasteiger partial charge is 0.315 e. The smallest absolute Gasteiger partial charge is 0.0608 e. The molecule has 1 fully saturated rings. The number of aromatic nitrogens is 2. The van der Waals surface area contributed by atoms with Crippen LogP contribution in [0.3, 0.4) is 0 Å². The second-order valence-corrected chi connectivity index (χ2v) is 5.89. The van der Waals surface area contributed by atoms with Gasteiger partial charge in [0.05, 0.1) is 11.7 Å². The van der Waals surface area contributed by atoms with Crippen molar-refractivity contribution in [2.75, 3.05) is 26.2 Å². The molecule has 0 radical (unpaired) electrons. The molecule has 3 rings (SSSR count). The van der Waals surface area contributed by atoms with E-state index in [4.69, 9.17) is 4.98 Å². The van der Waals surface area contributed by atoms with E-state index in [0.29, 0.717) is 6.04 Å². The van der Waals surface area contributed by atoms with E-state index in [1.54, 1.807) is 0 Å². The SMILES string of the molecule is Cc1cccnc1C(Cc1ccccn1)N1CCCNCC1. The van der Waals surface area contributed by atoms with Crippen molar-refractivity contribution < 1.29 is 0 Å². The standard InChI is InChI=1S/C18H24N4/c1-15-6-4-10-21-18(15)17(14-16-7-2-3-9-20-16)22-12-5-8-19-11-13-22/h2-4,6-7,9-10,17,19H,5,8,11-14H2,1H3. The summed E-state index contributed by atoms with van der Waals surface area (Å²) in [4.78, 5) is 11.8. The molecule has 4 nitrogen and oxygen atoms in total. The molecule has 2 aromatic heterocycles. The number of pyridine rings is 2. The third-order valence-corrected chi connectivity index (χ3v) is 4.31. The normalized spacial score (nSPS) is 17.9. The van der Waals surface area contributed by atoms with Gasteiger partial charge < -0.3 is 5.32 Å². The van der Waals surface area contributed by atoms with Gasteiger partial charge in [-0.05, 0) is 43.7 Å². The molecule has 0 aromatic carbocycles. The average Bonchev–Trinajstić information content (AvgIpc) is 2.84.